The number of thioether (sulfide) groups is 2. The van der Waals surface area contributed by atoms with Crippen molar-refractivity contribution in [3.63, 3.8) is 0 Å². The Morgan fingerprint density at radius 1 is 1.29 bits per heavy atom. The molecule has 2 heterocycles. The van der Waals surface area contributed by atoms with Crippen molar-refractivity contribution in [3.8, 4) is 0 Å². The normalized spacial score (nSPS) is 19.1. The number of carbonyl (C=O) groups excluding carboxylic acids is 1. The van der Waals surface area contributed by atoms with Crippen LogP contribution in [0.25, 0.3) is 0 Å². The smallest absolute Gasteiger partial charge is 0.234 e. The highest BCUT2D eigenvalue weighted by atomic mass is 32.2. The number of hydrogen-bond acceptors (Lipinski definition) is 5. The Labute approximate surface area is 151 Å². The minimum atomic E-state index is -0.0111. The van der Waals surface area contributed by atoms with Gasteiger partial charge in [-0.05, 0) is 25.5 Å². The monoisotopic (exact) mass is 359 g/mol. The molecule has 6 heteroatoms. The van der Waals surface area contributed by atoms with E-state index in [-0.39, 0.29) is 5.91 Å². The summed E-state index contributed by atoms with van der Waals surface area (Å²) in [5, 5.41) is 5.49. The lowest BCUT2D eigenvalue weighted by Gasteiger charge is -2.15. The van der Waals surface area contributed by atoms with E-state index in [0.717, 1.165) is 28.0 Å². The first-order valence-corrected chi connectivity index (χ1v) is 9.98. The van der Waals surface area contributed by atoms with Crippen LogP contribution in [0.4, 0.5) is 5.69 Å². The van der Waals surface area contributed by atoms with Gasteiger partial charge in [0.1, 0.15) is 15.9 Å². The van der Waals surface area contributed by atoms with Crippen molar-refractivity contribution in [1.82, 2.24) is 9.97 Å². The Morgan fingerprint density at radius 3 is 2.75 bits per heavy atom. The van der Waals surface area contributed by atoms with Gasteiger partial charge < -0.3 is 5.32 Å². The molecule has 0 saturated carbocycles. The Bertz CT molecular complexity index is 737. The second kappa shape index (κ2) is 7.57. The van der Waals surface area contributed by atoms with Gasteiger partial charge in [0.25, 0.3) is 0 Å². The van der Waals surface area contributed by atoms with Gasteiger partial charge in [-0.15, -0.1) is 11.8 Å². The summed E-state index contributed by atoms with van der Waals surface area (Å²) in [5.41, 5.74) is 2.06. The van der Waals surface area contributed by atoms with Gasteiger partial charge >= 0.3 is 0 Å². The van der Waals surface area contributed by atoms with E-state index in [2.05, 4.69) is 29.1 Å². The molecule has 0 saturated heterocycles. The van der Waals surface area contributed by atoms with Gasteiger partial charge in [-0.3, -0.25) is 4.79 Å². The lowest BCUT2D eigenvalue weighted by Crippen LogP contribution is -2.15. The standard InChI is InChI=1S/C18H21N3OS2/c1-4-14-11(2)24-18-16(14)17(19-12(3)20-18)23-10-15(22)21-13-8-6-5-7-9-13/h5-9,11,14H,4,10H2,1-3H3,(H,21,22)/t11-,14+/m0/s1. The van der Waals surface area contributed by atoms with E-state index < -0.39 is 0 Å². The zero-order chi connectivity index (χ0) is 17.1. The predicted octanol–water partition coefficient (Wildman–Crippen LogP) is 4.50. The highest BCUT2D eigenvalue weighted by Gasteiger charge is 2.33. The van der Waals surface area contributed by atoms with Crippen molar-refractivity contribution in [2.24, 2.45) is 0 Å². The molecule has 1 aliphatic heterocycles. The fourth-order valence-electron chi connectivity index (χ4n) is 2.93. The molecule has 1 aromatic heterocycles. The molecule has 4 nitrogen and oxygen atoms in total. The topological polar surface area (TPSA) is 54.9 Å². The molecule has 24 heavy (non-hydrogen) atoms. The van der Waals surface area contributed by atoms with E-state index in [4.69, 9.17) is 0 Å². The molecule has 0 radical (unpaired) electrons. The molecule has 1 aliphatic rings. The summed E-state index contributed by atoms with van der Waals surface area (Å²) in [6.07, 6.45) is 1.07. The molecular formula is C18H21N3OS2. The van der Waals surface area contributed by atoms with Crippen molar-refractivity contribution in [2.75, 3.05) is 11.1 Å². The van der Waals surface area contributed by atoms with Crippen LogP contribution in [0, 0.1) is 6.92 Å². The Kier molecular flexibility index (Phi) is 5.46. The van der Waals surface area contributed by atoms with E-state index in [1.807, 2.05) is 49.0 Å². The van der Waals surface area contributed by atoms with Crippen molar-refractivity contribution >= 4 is 35.1 Å². The van der Waals surface area contributed by atoms with Gasteiger partial charge in [-0.1, -0.05) is 43.8 Å². The molecule has 1 aromatic carbocycles. The van der Waals surface area contributed by atoms with Crippen LogP contribution < -0.4 is 5.32 Å². The average molecular weight is 360 g/mol. The molecule has 3 rings (SSSR count). The minimum absolute atomic E-state index is 0.0111. The van der Waals surface area contributed by atoms with Crippen molar-refractivity contribution < 1.29 is 4.79 Å². The number of benzene rings is 1. The fourth-order valence-corrected chi connectivity index (χ4v) is 5.34. The van der Waals surface area contributed by atoms with Crippen LogP contribution >= 0.6 is 23.5 Å². The highest BCUT2D eigenvalue weighted by Crippen LogP contribution is 2.48. The van der Waals surface area contributed by atoms with E-state index in [1.165, 1.54) is 17.3 Å². The van der Waals surface area contributed by atoms with Crippen LogP contribution in [0.2, 0.25) is 0 Å². The van der Waals surface area contributed by atoms with Crippen molar-refractivity contribution in [2.45, 2.75) is 48.4 Å². The zero-order valence-electron chi connectivity index (χ0n) is 14.1. The number of rotatable bonds is 5. The van der Waals surface area contributed by atoms with Gasteiger partial charge in [-0.25, -0.2) is 9.97 Å². The van der Waals surface area contributed by atoms with Crippen LogP contribution in [-0.4, -0.2) is 26.9 Å². The molecule has 0 fully saturated rings. The van der Waals surface area contributed by atoms with E-state index in [0.29, 0.717) is 16.9 Å². The number of anilines is 1. The van der Waals surface area contributed by atoms with Crippen LogP contribution in [0.3, 0.4) is 0 Å². The third-order valence-corrected chi connectivity index (χ3v) is 6.29. The number of aromatic nitrogens is 2. The summed E-state index contributed by atoms with van der Waals surface area (Å²) in [6, 6.07) is 9.53. The number of amides is 1. The molecule has 0 spiro atoms. The number of hydrogen-bond donors (Lipinski definition) is 1. The van der Waals surface area contributed by atoms with Crippen LogP contribution in [-0.2, 0) is 4.79 Å². The number of aryl methyl sites for hydroxylation is 1. The lowest BCUT2D eigenvalue weighted by molar-refractivity contribution is -0.113. The molecule has 1 N–H and O–H groups in total. The average Bonchev–Trinajstić information content (AvgIpc) is 2.88. The lowest BCUT2D eigenvalue weighted by atomic mass is 9.96. The Hall–Kier alpha value is -1.53. The second-order valence-electron chi connectivity index (χ2n) is 5.84. The van der Waals surface area contributed by atoms with Crippen LogP contribution in [0.5, 0.6) is 0 Å². The quantitative estimate of drug-likeness (QED) is 0.629. The molecule has 0 unspecified atom stereocenters. The van der Waals surface area contributed by atoms with Gasteiger partial charge in [-0.2, -0.15) is 0 Å². The molecule has 1 amide bonds. The maximum absolute atomic E-state index is 12.2. The molecule has 126 valence electrons. The minimum Gasteiger partial charge on any atom is -0.325 e. The highest BCUT2D eigenvalue weighted by molar-refractivity contribution is 8.01. The second-order valence-corrected chi connectivity index (χ2v) is 8.17. The van der Waals surface area contributed by atoms with E-state index in [1.54, 1.807) is 0 Å². The van der Waals surface area contributed by atoms with Crippen LogP contribution in [0.1, 0.15) is 37.6 Å². The first-order chi connectivity index (χ1) is 11.6. The summed E-state index contributed by atoms with van der Waals surface area (Å²) < 4.78 is 0. The van der Waals surface area contributed by atoms with E-state index in [9.17, 15) is 4.79 Å². The fraction of sp³-hybridized carbons (Fsp3) is 0.389. The zero-order valence-corrected chi connectivity index (χ0v) is 15.7. The summed E-state index contributed by atoms with van der Waals surface area (Å²) in [6.45, 7) is 6.36. The van der Waals surface area contributed by atoms with Crippen molar-refractivity contribution in [1.29, 1.82) is 0 Å². The first-order valence-electron chi connectivity index (χ1n) is 8.11. The first kappa shape index (κ1) is 17.3. The summed E-state index contributed by atoms with van der Waals surface area (Å²) >= 11 is 3.34. The van der Waals surface area contributed by atoms with Crippen LogP contribution in [0.15, 0.2) is 40.4 Å². The summed E-state index contributed by atoms with van der Waals surface area (Å²) in [5.74, 6) is 1.58. The van der Waals surface area contributed by atoms with E-state index >= 15 is 0 Å². The Morgan fingerprint density at radius 2 is 2.04 bits per heavy atom. The molecule has 2 atom stereocenters. The molecular weight excluding hydrogens is 338 g/mol. The molecule has 2 aromatic rings. The number of nitrogens with zero attached hydrogens (tertiary/aromatic N) is 2. The third-order valence-electron chi connectivity index (χ3n) is 4.06. The number of fused-ring (bicyclic) bond motifs is 1. The van der Waals surface area contributed by atoms with Gasteiger partial charge in [0.05, 0.1) is 5.75 Å². The number of nitrogens with one attached hydrogen (secondary N) is 1. The van der Waals surface area contributed by atoms with Crippen molar-refractivity contribution in [3.05, 3.63) is 41.7 Å². The number of carbonyl (C=O) groups is 1. The molecule has 0 bridgehead atoms. The third kappa shape index (κ3) is 3.75. The molecule has 0 aliphatic carbocycles. The summed E-state index contributed by atoms with van der Waals surface area (Å²) in [4.78, 5) is 21.4. The largest absolute Gasteiger partial charge is 0.325 e. The van der Waals surface area contributed by atoms with Gasteiger partial charge in [0.15, 0.2) is 0 Å². The maximum atomic E-state index is 12.2. The van der Waals surface area contributed by atoms with Gasteiger partial charge in [0, 0.05) is 22.4 Å². The Balaban J connectivity index is 1.73. The maximum Gasteiger partial charge on any atom is 0.234 e. The SMILES string of the molecule is CC[C@H]1c2c(SCC(=O)Nc3ccccc3)nc(C)nc2S[C@H]1C. The van der Waals surface area contributed by atoms with Gasteiger partial charge in [0.2, 0.25) is 5.91 Å². The summed E-state index contributed by atoms with van der Waals surface area (Å²) in [7, 11) is 0. The number of para-hydroxylation sites is 1. The predicted molar refractivity (Wildman–Crippen MR) is 101 cm³/mol.